The minimum atomic E-state index is 0. The zero-order valence-electron chi connectivity index (χ0n) is 20.4. The molecule has 2 aliphatic carbocycles. The van der Waals surface area contributed by atoms with Crippen molar-refractivity contribution in [1.29, 1.82) is 0 Å². The third kappa shape index (κ3) is 4.79. The Bertz CT molecular complexity index is 1540. The fourth-order valence-electron chi connectivity index (χ4n) is 6.24. The standard InChI is InChI=1S/C34H26.2ClH.Zr/c1-2-10-23(11-3-1)32(31-19-9-18-30-28-16-7-5-13-25(28)22-34(30)31)21-26-14-8-17-29-27-15-6-4-12-24(27)20-33(26)29;;;/h1-19,32H,20-22H2;2*1H;/q;;;+2/p-2. The van der Waals surface area contributed by atoms with Gasteiger partial charge in [-0.1, -0.05) is 115 Å². The average Bonchev–Trinajstić information content (AvgIpc) is 3.47. The second-order valence-electron chi connectivity index (χ2n) is 9.65. The Balaban J connectivity index is 0.00000107. The summed E-state index contributed by atoms with van der Waals surface area (Å²) in [5.74, 6) is 0.334. The van der Waals surface area contributed by atoms with E-state index in [4.69, 9.17) is 0 Å². The van der Waals surface area contributed by atoms with E-state index in [2.05, 4.69) is 115 Å². The van der Waals surface area contributed by atoms with Crippen LogP contribution in [0.3, 0.4) is 0 Å². The van der Waals surface area contributed by atoms with Crippen LogP contribution in [0.4, 0.5) is 0 Å². The van der Waals surface area contributed by atoms with Gasteiger partial charge in [0.1, 0.15) is 0 Å². The van der Waals surface area contributed by atoms with E-state index in [1.54, 1.807) is 0 Å². The summed E-state index contributed by atoms with van der Waals surface area (Å²) in [4.78, 5) is 0. The summed E-state index contributed by atoms with van der Waals surface area (Å²) >= 11 is 0. The first-order valence-corrected chi connectivity index (χ1v) is 12.3. The predicted molar refractivity (Wildman–Crippen MR) is 141 cm³/mol. The SMILES string of the molecule is [Cl-].[Cl-].[Zr+2].c1ccc(C(Cc2cccc3c2Cc2ccccc2-3)c2cccc3c2Cc2ccccc2-3)cc1. The van der Waals surface area contributed by atoms with E-state index in [1.807, 2.05) is 0 Å². The molecule has 180 valence electrons. The molecule has 0 nitrogen and oxygen atoms in total. The van der Waals surface area contributed by atoms with Crippen molar-refractivity contribution in [1.82, 2.24) is 0 Å². The molecule has 0 spiro atoms. The van der Waals surface area contributed by atoms with Crippen molar-refractivity contribution in [3.63, 3.8) is 0 Å². The van der Waals surface area contributed by atoms with Gasteiger partial charge in [-0.3, -0.25) is 0 Å². The van der Waals surface area contributed by atoms with Crippen LogP contribution in [-0.4, -0.2) is 0 Å². The Morgan fingerprint density at radius 1 is 0.486 bits per heavy atom. The fraction of sp³-hybridized carbons (Fsp3) is 0.118. The van der Waals surface area contributed by atoms with Crippen molar-refractivity contribution in [2.45, 2.75) is 25.2 Å². The van der Waals surface area contributed by atoms with E-state index >= 15 is 0 Å². The molecule has 0 saturated heterocycles. The third-order valence-electron chi connectivity index (χ3n) is 7.84. The maximum absolute atomic E-state index is 2.38. The van der Waals surface area contributed by atoms with Crippen LogP contribution in [0.25, 0.3) is 22.3 Å². The molecule has 0 saturated carbocycles. The van der Waals surface area contributed by atoms with Gasteiger partial charge in [-0.05, 0) is 80.5 Å². The predicted octanol–water partition coefficient (Wildman–Crippen LogP) is 2.21. The van der Waals surface area contributed by atoms with Gasteiger partial charge in [0.05, 0.1) is 0 Å². The molecule has 3 heteroatoms. The third-order valence-corrected chi connectivity index (χ3v) is 7.84. The van der Waals surface area contributed by atoms with Crippen LogP contribution >= 0.6 is 0 Å². The van der Waals surface area contributed by atoms with Gasteiger partial charge in [-0.25, -0.2) is 0 Å². The van der Waals surface area contributed by atoms with Crippen molar-refractivity contribution in [2.24, 2.45) is 0 Å². The maximum atomic E-state index is 2.38. The number of halogens is 2. The molecule has 0 aliphatic heterocycles. The van der Waals surface area contributed by atoms with Crippen molar-refractivity contribution in [2.75, 3.05) is 0 Å². The molecule has 0 bridgehead atoms. The van der Waals surface area contributed by atoms with Gasteiger partial charge < -0.3 is 24.8 Å². The Labute approximate surface area is 251 Å². The summed E-state index contributed by atoms with van der Waals surface area (Å²) in [6.45, 7) is 0. The van der Waals surface area contributed by atoms with Gasteiger partial charge in [0.2, 0.25) is 0 Å². The molecular weight excluding hydrogens is 571 g/mol. The van der Waals surface area contributed by atoms with E-state index in [-0.39, 0.29) is 51.0 Å². The van der Waals surface area contributed by atoms with Gasteiger partial charge in [-0.2, -0.15) is 0 Å². The summed E-state index contributed by atoms with van der Waals surface area (Å²) in [6.07, 6.45) is 3.10. The van der Waals surface area contributed by atoms with Crippen molar-refractivity contribution < 1.29 is 51.0 Å². The van der Waals surface area contributed by atoms with Gasteiger partial charge >= 0.3 is 26.2 Å². The zero-order chi connectivity index (χ0) is 22.5. The zero-order valence-corrected chi connectivity index (χ0v) is 24.4. The molecule has 0 amide bonds. The topological polar surface area (TPSA) is 0 Å². The Morgan fingerprint density at radius 3 is 1.68 bits per heavy atom. The summed E-state index contributed by atoms with van der Waals surface area (Å²) < 4.78 is 0. The molecule has 0 N–H and O–H groups in total. The monoisotopic (exact) mass is 594 g/mol. The largest absolute Gasteiger partial charge is 2.00 e. The minimum absolute atomic E-state index is 0. The first-order valence-electron chi connectivity index (χ1n) is 12.3. The quantitative estimate of drug-likeness (QED) is 0.293. The number of rotatable bonds is 4. The summed E-state index contributed by atoms with van der Waals surface area (Å²) in [5.41, 5.74) is 15.9. The van der Waals surface area contributed by atoms with Crippen LogP contribution < -0.4 is 24.8 Å². The van der Waals surface area contributed by atoms with Gasteiger partial charge in [0.15, 0.2) is 0 Å². The Hall–Kier alpha value is -2.44. The Morgan fingerprint density at radius 2 is 1.00 bits per heavy atom. The van der Waals surface area contributed by atoms with Gasteiger partial charge in [-0.15, -0.1) is 0 Å². The summed E-state index contributed by atoms with van der Waals surface area (Å²) in [5, 5.41) is 0. The van der Waals surface area contributed by atoms with Gasteiger partial charge in [0, 0.05) is 5.92 Å². The number of hydrogen-bond donors (Lipinski definition) is 0. The van der Waals surface area contributed by atoms with Crippen LogP contribution in [0, 0.1) is 0 Å². The number of fused-ring (bicyclic) bond motifs is 6. The van der Waals surface area contributed by atoms with Crippen LogP contribution in [-0.2, 0) is 45.5 Å². The van der Waals surface area contributed by atoms with Crippen molar-refractivity contribution in [3.05, 3.63) is 154 Å². The van der Waals surface area contributed by atoms with Crippen LogP contribution in [0.15, 0.2) is 115 Å². The van der Waals surface area contributed by atoms with Crippen molar-refractivity contribution in [3.8, 4) is 22.3 Å². The maximum Gasteiger partial charge on any atom is 2.00 e. The molecule has 37 heavy (non-hydrogen) atoms. The van der Waals surface area contributed by atoms with E-state index in [0.29, 0.717) is 5.92 Å². The molecule has 1 atom stereocenters. The molecule has 2 aliphatic rings. The Kier molecular flexibility index (Phi) is 8.60. The smallest absolute Gasteiger partial charge is 1.00 e. The van der Waals surface area contributed by atoms with Crippen LogP contribution in [0.1, 0.15) is 44.9 Å². The van der Waals surface area contributed by atoms with Crippen molar-refractivity contribution >= 4 is 0 Å². The molecule has 0 heterocycles. The average molecular weight is 597 g/mol. The number of hydrogen-bond acceptors (Lipinski definition) is 0. The first kappa shape index (κ1) is 27.6. The fourth-order valence-corrected chi connectivity index (χ4v) is 6.24. The van der Waals surface area contributed by atoms with Crippen LogP contribution in [0.2, 0.25) is 0 Å². The first-order chi connectivity index (χ1) is 16.9. The molecule has 0 radical (unpaired) electrons. The molecule has 0 aromatic heterocycles. The minimum Gasteiger partial charge on any atom is -1.00 e. The molecular formula is C34H26Cl2Zr. The van der Waals surface area contributed by atoms with Gasteiger partial charge in [0.25, 0.3) is 0 Å². The second kappa shape index (κ2) is 11.5. The molecule has 0 fully saturated rings. The van der Waals surface area contributed by atoms with E-state index < -0.39 is 0 Å². The normalized spacial score (nSPS) is 12.5. The second-order valence-corrected chi connectivity index (χ2v) is 9.65. The molecule has 5 aromatic carbocycles. The van der Waals surface area contributed by atoms with Crippen LogP contribution in [0.5, 0.6) is 0 Å². The summed E-state index contributed by atoms with van der Waals surface area (Å²) in [7, 11) is 0. The van der Waals surface area contributed by atoms with E-state index in [9.17, 15) is 0 Å². The molecule has 5 aromatic rings. The molecule has 7 rings (SSSR count). The van der Waals surface area contributed by atoms with E-state index in [1.165, 1.54) is 61.2 Å². The summed E-state index contributed by atoms with van der Waals surface area (Å²) in [6, 6.07) is 42.8. The van der Waals surface area contributed by atoms with E-state index in [0.717, 1.165) is 19.3 Å². The molecule has 1 unspecified atom stereocenters. The number of benzene rings is 5.